The maximum absolute atomic E-state index is 2.42. The van der Waals surface area contributed by atoms with Crippen LogP contribution in [0.2, 0.25) is 0 Å². The van der Waals surface area contributed by atoms with Gasteiger partial charge in [0.1, 0.15) is 9.52 Å². The molecule has 0 spiro atoms. The Hall–Kier alpha value is -2.81. The second kappa shape index (κ2) is 14.2. The Labute approximate surface area is 311 Å². The minimum Gasteiger partial charge on any atom is -0.168 e. The zero-order valence-electron chi connectivity index (χ0n) is 30.4. The van der Waals surface area contributed by atoms with Gasteiger partial charge in [-0.15, -0.1) is 57.9 Å². The summed E-state index contributed by atoms with van der Waals surface area (Å²) in [5, 5.41) is 8.38. The number of benzene rings is 4. The molecule has 0 amide bonds. The van der Waals surface area contributed by atoms with E-state index in [1.807, 2.05) is 0 Å². The molecule has 0 aliphatic heterocycles. The largest absolute Gasteiger partial charge is 0.168 e. The Bertz CT molecular complexity index is 1710. The van der Waals surface area contributed by atoms with E-state index < -0.39 is 0 Å². The van der Waals surface area contributed by atoms with E-state index in [4.69, 9.17) is 0 Å². The maximum Gasteiger partial charge on any atom is 0.121 e. The van der Waals surface area contributed by atoms with Crippen molar-refractivity contribution in [2.24, 2.45) is 0 Å². The van der Waals surface area contributed by atoms with Gasteiger partial charge in [0.15, 0.2) is 0 Å². The molecule has 0 nitrogen and oxygen atoms in total. The van der Waals surface area contributed by atoms with Gasteiger partial charge in [0.2, 0.25) is 0 Å². The summed E-state index contributed by atoms with van der Waals surface area (Å²) in [4.78, 5) is 0. The fraction of sp³-hybridized carbons (Fsp3) is 0.348. The van der Waals surface area contributed by atoms with Gasteiger partial charge in [0, 0.05) is 25.8 Å². The molecule has 2 heteroatoms. The Balaban J connectivity index is 0.000000141. The summed E-state index contributed by atoms with van der Waals surface area (Å²) in [5.74, 6) is 0. The van der Waals surface area contributed by atoms with E-state index in [0.29, 0.717) is 21.7 Å². The molecule has 8 rings (SSSR count). The van der Waals surface area contributed by atoms with Crippen molar-refractivity contribution in [2.75, 3.05) is 0 Å². The number of rotatable bonds is 2. The van der Waals surface area contributed by atoms with Crippen LogP contribution in [-0.2, 0) is 47.5 Å². The Morgan fingerprint density at radius 3 is 1.08 bits per heavy atom. The number of hydrogen-bond acceptors (Lipinski definition) is 0. The van der Waals surface area contributed by atoms with E-state index in [2.05, 4.69) is 177 Å². The van der Waals surface area contributed by atoms with Crippen molar-refractivity contribution in [3.05, 3.63) is 144 Å². The minimum absolute atomic E-state index is 0. The van der Waals surface area contributed by atoms with Gasteiger partial charge in [-0.05, 0) is 47.3 Å². The third-order valence-electron chi connectivity index (χ3n) is 11.1. The summed E-state index contributed by atoms with van der Waals surface area (Å²) in [7, 11) is 0.777. The van der Waals surface area contributed by atoms with Crippen LogP contribution in [0.3, 0.4) is 0 Å². The van der Waals surface area contributed by atoms with Gasteiger partial charge in [-0.2, -0.15) is 24.3 Å². The van der Waals surface area contributed by atoms with E-state index in [1.54, 1.807) is 22.3 Å². The Kier molecular flexibility index (Phi) is 10.8. The summed E-state index contributed by atoms with van der Waals surface area (Å²) in [6.45, 7) is 19.1. The van der Waals surface area contributed by atoms with Crippen LogP contribution in [0.4, 0.5) is 0 Å². The Morgan fingerprint density at radius 1 is 0.438 bits per heavy atom. The topological polar surface area (TPSA) is 0 Å². The molecule has 0 aromatic heterocycles. The van der Waals surface area contributed by atoms with Crippen LogP contribution in [0.15, 0.2) is 121 Å². The van der Waals surface area contributed by atoms with Crippen molar-refractivity contribution in [1.29, 1.82) is 0 Å². The number of fused-ring (bicyclic) bond motifs is 4. The van der Waals surface area contributed by atoms with Gasteiger partial charge in [-0.3, -0.25) is 0 Å². The van der Waals surface area contributed by atoms with Crippen LogP contribution in [0.1, 0.15) is 103 Å². The standard InChI is InChI=1S/2C17H21.C12H10Si.Hf/c2*1-16(2)8-9-17(3,4)15-11-13-7-5-6-12(13)10-14(15)16;1-3-7-11(8-4-1)13-12-9-5-2-6-10-12;/h2*5-7,10-11H,8-9H2,1-4H3;1-10H;/q2*-1;;. The van der Waals surface area contributed by atoms with E-state index in [1.165, 1.54) is 57.6 Å². The zero-order chi connectivity index (χ0) is 33.5. The summed E-state index contributed by atoms with van der Waals surface area (Å²) >= 11 is 0. The molecule has 0 atom stereocenters. The molecule has 0 N–H and O–H groups in total. The van der Waals surface area contributed by atoms with E-state index >= 15 is 0 Å². The first-order valence-corrected chi connectivity index (χ1v) is 18.5. The molecule has 0 heterocycles. The Morgan fingerprint density at radius 2 is 0.750 bits per heavy atom. The van der Waals surface area contributed by atoms with Crippen LogP contribution in [-0.4, -0.2) is 9.52 Å². The molecule has 0 fully saturated rings. The molecule has 6 aromatic rings. The van der Waals surface area contributed by atoms with Crippen molar-refractivity contribution < 1.29 is 25.8 Å². The predicted octanol–water partition coefficient (Wildman–Crippen LogP) is 11.2. The average Bonchev–Trinajstić information content (AvgIpc) is 3.72. The monoisotopic (exact) mass is 812 g/mol. The van der Waals surface area contributed by atoms with Crippen LogP contribution in [0, 0.1) is 0 Å². The molecule has 48 heavy (non-hydrogen) atoms. The second-order valence-electron chi connectivity index (χ2n) is 16.5. The summed E-state index contributed by atoms with van der Waals surface area (Å²) in [5.41, 5.74) is 7.57. The van der Waals surface area contributed by atoms with Crippen LogP contribution in [0.5, 0.6) is 0 Å². The van der Waals surface area contributed by atoms with Gasteiger partial charge in [0.25, 0.3) is 0 Å². The molecule has 2 aliphatic rings. The van der Waals surface area contributed by atoms with E-state index in [9.17, 15) is 0 Å². The van der Waals surface area contributed by atoms with Crippen molar-refractivity contribution in [1.82, 2.24) is 0 Å². The molecule has 0 saturated heterocycles. The second-order valence-corrected chi connectivity index (χ2v) is 17.9. The first-order chi connectivity index (χ1) is 22.3. The smallest absolute Gasteiger partial charge is 0.121 e. The fourth-order valence-electron chi connectivity index (χ4n) is 7.59. The van der Waals surface area contributed by atoms with Gasteiger partial charge >= 0.3 is 0 Å². The van der Waals surface area contributed by atoms with E-state index in [-0.39, 0.29) is 25.8 Å². The van der Waals surface area contributed by atoms with Crippen LogP contribution >= 0.6 is 0 Å². The average molecular weight is 811 g/mol. The van der Waals surface area contributed by atoms with Crippen molar-refractivity contribution >= 4 is 41.4 Å². The van der Waals surface area contributed by atoms with Crippen molar-refractivity contribution in [3.8, 4) is 0 Å². The van der Waals surface area contributed by atoms with Crippen LogP contribution in [0.25, 0.3) is 21.5 Å². The summed E-state index contributed by atoms with van der Waals surface area (Å²) in [6, 6.07) is 44.1. The summed E-state index contributed by atoms with van der Waals surface area (Å²) in [6.07, 6.45) is 5.16. The first kappa shape index (κ1) is 36.5. The third kappa shape index (κ3) is 7.81. The molecular formula is C46H52HfSi-2. The fourth-order valence-corrected chi connectivity index (χ4v) is 8.64. The van der Waals surface area contributed by atoms with Crippen LogP contribution < -0.4 is 10.4 Å². The molecule has 2 radical (unpaired) electrons. The molecule has 2 aliphatic carbocycles. The van der Waals surface area contributed by atoms with Crippen molar-refractivity contribution in [3.63, 3.8) is 0 Å². The predicted molar refractivity (Wildman–Crippen MR) is 208 cm³/mol. The SMILES string of the molecule is CC1(C)CCC(C)(C)c2cc3[cH-]ccc3cc21.CC1(C)CCC(C)(C)c2cc3[cH-]ccc3cc21.[Hf].c1ccc([Si]c2ccccc2)cc1. The van der Waals surface area contributed by atoms with Gasteiger partial charge in [-0.25, -0.2) is 0 Å². The quantitative estimate of drug-likeness (QED) is 0.121. The molecule has 0 unspecified atom stereocenters. The molecule has 0 saturated carbocycles. The number of hydrogen-bond donors (Lipinski definition) is 0. The van der Waals surface area contributed by atoms with Gasteiger partial charge in [0.05, 0.1) is 0 Å². The minimum atomic E-state index is 0. The molecule has 6 aromatic carbocycles. The van der Waals surface area contributed by atoms with Gasteiger partial charge < -0.3 is 0 Å². The third-order valence-corrected chi connectivity index (χ3v) is 12.3. The van der Waals surface area contributed by atoms with E-state index in [0.717, 1.165) is 9.52 Å². The molecule has 0 bridgehead atoms. The van der Waals surface area contributed by atoms with Crippen molar-refractivity contribution in [2.45, 2.75) is 103 Å². The maximum atomic E-state index is 2.42. The first-order valence-electron chi connectivity index (χ1n) is 17.5. The summed E-state index contributed by atoms with van der Waals surface area (Å²) < 4.78 is 0. The zero-order valence-corrected chi connectivity index (χ0v) is 35.0. The normalized spacial score (nSPS) is 17.8. The van der Waals surface area contributed by atoms with Gasteiger partial charge in [-0.1, -0.05) is 149 Å². The molecular weight excluding hydrogens is 759 g/mol. The molecule has 246 valence electrons.